The fraction of sp³-hybridized carbons (Fsp3) is 0.500. The van der Waals surface area contributed by atoms with E-state index < -0.39 is 0 Å². The summed E-state index contributed by atoms with van der Waals surface area (Å²) in [4.78, 5) is 7.04. The van der Waals surface area contributed by atoms with Crippen molar-refractivity contribution in [2.75, 3.05) is 24.5 Å². The third-order valence-electron chi connectivity index (χ3n) is 3.47. The summed E-state index contributed by atoms with van der Waals surface area (Å²) in [5, 5.41) is 0. The Labute approximate surface area is 102 Å². The van der Waals surface area contributed by atoms with Crippen LogP contribution in [-0.2, 0) is 6.42 Å². The van der Waals surface area contributed by atoms with Crippen LogP contribution in [0.15, 0.2) is 29.3 Å². The molecule has 3 nitrogen and oxygen atoms in total. The van der Waals surface area contributed by atoms with Gasteiger partial charge in [-0.05, 0) is 43.5 Å². The van der Waals surface area contributed by atoms with Crippen molar-refractivity contribution < 1.29 is 0 Å². The van der Waals surface area contributed by atoms with E-state index in [0.717, 1.165) is 25.4 Å². The minimum Gasteiger partial charge on any atom is -0.330 e. The summed E-state index contributed by atoms with van der Waals surface area (Å²) in [5.41, 5.74) is 8.23. The number of nitrogens with two attached hydrogens (primary N) is 1. The number of nitrogens with zero attached hydrogens (tertiary/aromatic N) is 2. The van der Waals surface area contributed by atoms with Gasteiger partial charge in [-0.1, -0.05) is 12.1 Å². The fourth-order valence-electron chi connectivity index (χ4n) is 2.46. The van der Waals surface area contributed by atoms with Gasteiger partial charge < -0.3 is 10.6 Å². The van der Waals surface area contributed by atoms with Gasteiger partial charge >= 0.3 is 0 Å². The molecule has 1 heterocycles. The van der Waals surface area contributed by atoms with Crippen LogP contribution in [0.2, 0.25) is 0 Å². The molecule has 0 amide bonds. The molecule has 0 atom stereocenters. The quantitative estimate of drug-likeness (QED) is 0.855. The summed E-state index contributed by atoms with van der Waals surface area (Å²) < 4.78 is 0. The molecule has 0 spiro atoms. The van der Waals surface area contributed by atoms with Gasteiger partial charge in [-0.2, -0.15) is 0 Å². The lowest BCUT2D eigenvalue weighted by Gasteiger charge is -2.21. The Hall–Kier alpha value is -1.35. The van der Waals surface area contributed by atoms with E-state index in [1.54, 1.807) is 0 Å². The molecule has 1 fully saturated rings. The highest BCUT2D eigenvalue weighted by Gasteiger charge is 2.33. The Kier molecular flexibility index (Phi) is 2.85. The Morgan fingerprint density at radius 1 is 1.35 bits per heavy atom. The molecule has 1 aliphatic heterocycles. The van der Waals surface area contributed by atoms with Crippen LogP contribution in [-0.4, -0.2) is 25.5 Å². The first-order chi connectivity index (χ1) is 8.38. The molecule has 0 aromatic heterocycles. The summed E-state index contributed by atoms with van der Waals surface area (Å²) in [6, 6.07) is 8.73. The molecule has 1 saturated carbocycles. The topological polar surface area (TPSA) is 41.6 Å². The number of rotatable bonds is 4. The van der Waals surface area contributed by atoms with Gasteiger partial charge in [0, 0.05) is 18.2 Å². The first-order valence-corrected chi connectivity index (χ1v) is 6.49. The van der Waals surface area contributed by atoms with E-state index in [0.29, 0.717) is 6.54 Å². The largest absolute Gasteiger partial charge is 0.330 e. The number of aliphatic imine (C=N–C) groups is 1. The van der Waals surface area contributed by atoms with Gasteiger partial charge in [0.1, 0.15) is 5.84 Å². The first kappa shape index (κ1) is 10.8. The molecule has 0 bridgehead atoms. The SMILES string of the molecule is NCCc1cccc(N2CCN=C2C2CC2)c1. The third kappa shape index (κ3) is 2.20. The fourth-order valence-corrected chi connectivity index (χ4v) is 2.46. The Bertz CT molecular complexity index is 435. The van der Waals surface area contributed by atoms with Crippen LogP contribution in [0.1, 0.15) is 18.4 Å². The van der Waals surface area contributed by atoms with E-state index in [-0.39, 0.29) is 0 Å². The van der Waals surface area contributed by atoms with Crippen molar-refractivity contribution in [3.05, 3.63) is 29.8 Å². The van der Waals surface area contributed by atoms with Crippen LogP contribution in [0.4, 0.5) is 5.69 Å². The van der Waals surface area contributed by atoms with Crippen LogP contribution < -0.4 is 10.6 Å². The number of amidine groups is 1. The summed E-state index contributed by atoms with van der Waals surface area (Å²) in [5.74, 6) is 2.05. The Balaban J connectivity index is 1.83. The summed E-state index contributed by atoms with van der Waals surface area (Å²) >= 11 is 0. The molecule has 0 radical (unpaired) electrons. The maximum Gasteiger partial charge on any atom is 0.107 e. The number of anilines is 1. The highest BCUT2D eigenvalue weighted by molar-refractivity contribution is 6.02. The van der Waals surface area contributed by atoms with Gasteiger partial charge in [-0.3, -0.25) is 4.99 Å². The molecule has 1 aliphatic carbocycles. The van der Waals surface area contributed by atoms with E-state index in [4.69, 9.17) is 5.73 Å². The number of hydrogen-bond donors (Lipinski definition) is 1. The number of benzene rings is 1. The van der Waals surface area contributed by atoms with Crippen molar-refractivity contribution in [1.29, 1.82) is 0 Å². The van der Waals surface area contributed by atoms with Crippen LogP contribution in [0.3, 0.4) is 0 Å². The monoisotopic (exact) mass is 229 g/mol. The second kappa shape index (κ2) is 4.49. The Morgan fingerprint density at radius 3 is 3.00 bits per heavy atom. The molecular formula is C14H19N3. The minimum atomic E-state index is 0.715. The standard InChI is InChI=1S/C14H19N3/c15-7-6-11-2-1-3-13(10-11)17-9-8-16-14(17)12-4-5-12/h1-3,10,12H,4-9,15H2. The van der Waals surface area contributed by atoms with Crippen molar-refractivity contribution in [3.8, 4) is 0 Å². The average molecular weight is 229 g/mol. The van der Waals surface area contributed by atoms with Crippen LogP contribution in [0, 0.1) is 5.92 Å². The van der Waals surface area contributed by atoms with E-state index in [1.807, 2.05) is 0 Å². The molecular weight excluding hydrogens is 210 g/mol. The maximum absolute atomic E-state index is 5.61. The normalized spacial score (nSPS) is 19.6. The van der Waals surface area contributed by atoms with Crippen molar-refractivity contribution >= 4 is 11.5 Å². The van der Waals surface area contributed by atoms with E-state index in [1.165, 1.54) is 29.9 Å². The maximum atomic E-state index is 5.61. The van der Waals surface area contributed by atoms with E-state index in [9.17, 15) is 0 Å². The molecule has 90 valence electrons. The minimum absolute atomic E-state index is 0.715. The third-order valence-corrected chi connectivity index (χ3v) is 3.47. The molecule has 3 heteroatoms. The molecule has 2 N–H and O–H groups in total. The molecule has 1 aromatic carbocycles. The first-order valence-electron chi connectivity index (χ1n) is 6.49. The van der Waals surface area contributed by atoms with Gasteiger partial charge in [0.25, 0.3) is 0 Å². The molecule has 0 saturated heterocycles. The Morgan fingerprint density at radius 2 is 2.24 bits per heavy atom. The molecule has 3 rings (SSSR count). The van der Waals surface area contributed by atoms with Gasteiger partial charge in [0.2, 0.25) is 0 Å². The predicted molar refractivity (Wildman–Crippen MR) is 71.6 cm³/mol. The van der Waals surface area contributed by atoms with E-state index >= 15 is 0 Å². The molecule has 1 aromatic rings. The lowest BCUT2D eigenvalue weighted by molar-refractivity contribution is 0.962. The van der Waals surface area contributed by atoms with Gasteiger partial charge in [0.05, 0.1) is 6.54 Å². The van der Waals surface area contributed by atoms with Crippen molar-refractivity contribution in [2.24, 2.45) is 16.6 Å². The molecule has 17 heavy (non-hydrogen) atoms. The van der Waals surface area contributed by atoms with Gasteiger partial charge in [0.15, 0.2) is 0 Å². The second-order valence-electron chi connectivity index (χ2n) is 4.87. The van der Waals surface area contributed by atoms with Crippen LogP contribution in [0.5, 0.6) is 0 Å². The molecule has 0 unspecified atom stereocenters. The lowest BCUT2D eigenvalue weighted by atomic mass is 10.1. The highest BCUT2D eigenvalue weighted by atomic mass is 15.2. The van der Waals surface area contributed by atoms with E-state index in [2.05, 4.69) is 34.2 Å². The second-order valence-corrected chi connectivity index (χ2v) is 4.87. The zero-order valence-electron chi connectivity index (χ0n) is 10.1. The average Bonchev–Trinajstić information content (AvgIpc) is 3.08. The van der Waals surface area contributed by atoms with Crippen molar-refractivity contribution in [1.82, 2.24) is 0 Å². The van der Waals surface area contributed by atoms with Crippen molar-refractivity contribution in [3.63, 3.8) is 0 Å². The van der Waals surface area contributed by atoms with Gasteiger partial charge in [-0.15, -0.1) is 0 Å². The predicted octanol–water partition coefficient (Wildman–Crippen LogP) is 1.82. The van der Waals surface area contributed by atoms with Crippen LogP contribution in [0.25, 0.3) is 0 Å². The van der Waals surface area contributed by atoms with Crippen LogP contribution >= 0.6 is 0 Å². The summed E-state index contributed by atoms with van der Waals surface area (Å²) in [7, 11) is 0. The number of hydrogen-bond acceptors (Lipinski definition) is 3. The van der Waals surface area contributed by atoms with Gasteiger partial charge in [-0.25, -0.2) is 0 Å². The zero-order valence-corrected chi connectivity index (χ0v) is 10.1. The zero-order chi connectivity index (χ0) is 11.7. The summed E-state index contributed by atoms with van der Waals surface area (Å²) in [6.45, 7) is 2.71. The van der Waals surface area contributed by atoms with Crippen molar-refractivity contribution in [2.45, 2.75) is 19.3 Å². The lowest BCUT2D eigenvalue weighted by Crippen LogP contribution is -2.28. The summed E-state index contributed by atoms with van der Waals surface area (Å²) in [6.07, 6.45) is 3.59. The highest BCUT2D eigenvalue weighted by Crippen LogP contribution is 2.35. The molecule has 2 aliphatic rings. The smallest absolute Gasteiger partial charge is 0.107 e.